The van der Waals surface area contributed by atoms with E-state index in [1.807, 2.05) is 12.4 Å². The van der Waals surface area contributed by atoms with Crippen LogP contribution in [0.4, 0.5) is 0 Å². The first-order chi connectivity index (χ1) is 7.72. The van der Waals surface area contributed by atoms with Crippen LogP contribution in [-0.4, -0.2) is 4.98 Å². The van der Waals surface area contributed by atoms with E-state index in [2.05, 4.69) is 36.2 Å². The molecule has 0 aliphatic rings. The van der Waals surface area contributed by atoms with Crippen molar-refractivity contribution in [2.75, 3.05) is 0 Å². The van der Waals surface area contributed by atoms with Crippen molar-refractivity contribution in [2.45, 2.75) is 26.3 Å². The topological polar surface area (TPSA) is 38.9 Å². The van der Waals surface area contributed by atoms with Crippen molar-refractivity contribution >= 4 is 23.7 Å². The zero-order valence-corrected chi connectivity index (χ0v) is 11.6. The van der Waals surface area contributed by atoms with Crippen LogP contribution in [-0.2, 0) is 6.42 Å². The minimum atomic E-state index is 0. The highest BCUT2D eigenvalue weighted by atomic mass is 35.5. The smallest absolute Gasteiger partial charge is 0.0801 e. The first-order valence-electron chi connectivity index (χ1n) is 5.50. The average molecular weight is 269 g/mol. The van der Waals surface area contributed by atoms with Crippen molar-refractivity contribution < 1.29 is 0 Å². The van der Waals surface area contributed by atoms with Gasteiger partial charge in [0.15, 0.2) is 0 Å². The molecule has 2 rings (SSSR count). The lowest BCUT2D eigenvalue weighted by molar-refractivity contribution is 0.818. The third-order valence-electron chi connectivity index (χ3n) is 2.67. The van der Waals surface area contributed by atoms with Gasteiger partial charge in [-0.15, -0.1) is 23.7 Å². The fourth-order valence-corrected chi connectivity index (χ4v) is 2.58. The summed E-state index contributed by atoms with van der Waals surface area (Å²) in [7, 11) is 0. The number of aryl methyl sites for hydroxylation is 1. The second kappa shape index (κ2) is 6.15. The molecule has 0 saturated carbocycles. The minimum absolute atomic E-state index is 0. The summed E-state index contributed by atoms with van der Waals surface area (Å²) in [6, 6.07) is 8.55. The Bertz CT molecular complexity index is 463. The van der Waals surface area contributed by atoms with Gasteiger partial charge in [-0.25, -0.2) is 4.98 Å². The SMILES string of the molecule is CCc1ncsc1-c1ccc([C@H](C)N)cc1.Cl. The van der Waals surface area contributed by atoms with Crippen molar-refractivity contribution in [1.29, 1.82) is 0 Å². The molecule has 0 bridgehead atoms. The molecule has 0 fully saturated rings. The number of benzene rings is 1. The Morgan fingerprint density at radius 1 is 1.29 bits per heavy atom. The summed E-state index contributed by atoms with van der Waals surface area (Å²) in [5.74, 6) is 0. The van der Waals surface area contributed by atoms with Crippen LogP contribution in [0.3, 0.4) is 0 Å². The molecule has 92 valence electrons. The lowest BCUT2D eigenvalue weighted by atomic mass is 10.1. The van der Waals surface area contributed by atoms with E-state index >= 15 is 0 Å². The number of nitrogens with two attached hydrogens (primary N) is 1. The molecule has 0 aliphatic carbocycles. The Balaban J connectivity index is 0.00000144. The van der Waals surface area contributed by atoms with Gasteiger partial charge in [-0.05, 0) is 24.5 Å². The Kier molecular flexibility index (Phi) is 5.12. The van der Waals surface area contributed by atoms with Crippen LogP contribution in [0, 0.1) is 0 Å². The Morgan fingerprint density at radius 3 is 2.47 bits per heavy atom. The largest absolute Gasteiger partial charge is 0.324 e. The monoisotopic (exact) mass is 268 g/mol. The fourth-order valence-electron chi connectivity index (χ4n) is 1.69. The molecule has 1 aromatic heterocycles. The van der Waals surface area contributed by atoms with Crippen molar-refractivity contribution in [1.82, 2.24) is 4.98 Å². The van der Waals surface area contributed by atoms with E-state index in [0.717, 1.165) is 6.42 Å². The lowest BCUT2D eigenvalue weighted by Gasteiger charge is -2.06. The lowest BCUT2D eigenvalue weighted by Crippen LogP contribution is -2.04. The van der Waals surface area contributed by atoms with E-state index in [-0.39, 0.29) is 18.4 Å². The van der Waals surface area contributed by atoms with Gasteiger partial charge in [0.05, 0.1) is 16.1 Å². The average Bonchev–Trinajstić information content (AvgIpc) is 2.77. The number of rotatable bonds is 3. The molecule has 2 nitrogen and oxygen atoms in total. The van der Waals surface area contributed by atoms with Crippen LogP contribution in [0.25, 0.3) is 10.4 Å². The van der Waals surface area contributed by atoms with Crippen LogP contribution in [0.5, 0.6) is 0 Å². The summed E-state index contributed by atoms with van der Waals surface area (Å²) in [5, 5.41) is 0. The van der Waals surface area contributed by atoms with Crippen molar-refractivity contribution in [3.63, 3.8) is 0 Å². The standard InChI is InChI=1S/C13H16N2S.ClH/c1-3-12-13(16-8-15-12)11-6-4-10(5-7-11)9(2)14;/h4-9H,3,14H2,1-2H3;1H/t9-;/m0./s1. The molecular formula is C13H17ClN2S. The van der Waals surface area contributed by atoms with Gasteiger partial charge in [-0.1, -0.05) is 31.2 Å². The highest BCUT2D eigenvalue weighted by molar-refractivity contribution is 7.13. The summed E-state index contributed by atoms with van der Waals surface area (Å²) in [5.41, 5.74) is 11.3. The quantitative estimate of drug-likeness (QED) is 0.919. The van der Waals surface area contributed by atoms with Crippen LogP contribution in [0.1, 0.15) is 31.1 Å². The van der Waals surface area contributed by atoms with Gasteiger partial charge in [0.2, 0.25) is 0 Å². The van der Waals surface area contributed by atoms with E-state index in [1.165, 1.54) is 21.7 Å². The molecule has 0 spiro atoms. The van der Waals surface area contributed by atoms with Gasteiger partial charge < -0.3 is 5.73 Å². The predicted octanol–water partition coefficient (Wildman–Crippen LogP) is 3.81. The van der Waals surface area contributed by atoms with Gasteiger partial charge in [-0.2, -0.15) is 0 Å². The fraction of sp³-hybridized carbons (Fsp3) is 0.308. The maximum absolute atomic E-state index is 5.83. The van der Waals surface area contributed by atoms with Crippen molar-refractivity contribution in [3.05, 3.63) is 41.0 Å². The number of hydrogen-bond donors (Lipinski definition) is 1. The summed E-state index contributed by atoms with van der Waals surface area (Å²) >= 11 is 1.70. The highest BCUT2D eigenvalue weighted by Crippen LogP contribution is 2.28. The molecule has 1 aromatic carbocycles. The summed E-state index contributed by atoms with van der Waals surface area (Å²) in [6.07, 6.45) is 0.980. The molecule has 1 atom stereocenters. The zero-order valence-electron chi connectivity index (χ0n) is 10.0. The van der Waals surface area contributed by atoms with Gasteiger partial charge in [0, 0.05) is 6.04 Å². The van der Waals surface area contributed by atoms with E-state index in [4.69, 9.17) is 5.73 Å². The second-order valence-electron chi connectivity index (χ2n) is 3.89. The van der Waals surface area contributed by atoms with Gasteiger partial charge in [0.1, 0.15) is 0 Å². The Morgan fingerprint density at radius 2 is 1.94 bits per heavy atom. The van der Waals surface area contributed by atoms with Gasteiger partial charge >= 0.3 is 0 Å². The maximum atomic E-state index is 5.83. The van der Waals surface area contributed by atoms with E-state index < -0.39 is 0 Å². The number of thiazole rings is 1. The molecule has 0 saturated heterocycles. The molecule has 0 aliphatic heterocycles. The van der Waals surface area contributed by atoms with Crippen LogP contribution >= 0.6 is 23.7 Å². The molecule has 4 heteroatoms. The number of hydrogen-bond acceptors (Lipinski definition) is 3. The van der Waals surface area contributed by atoms with Crippen LogP contribution in [0.15, 0.2) is 29.8 Å². The molecule has 17 heavy (non-hydrogen) atoms. The Hall–Kier alpha value is -0.900. The van der Waals surface area contributed by atoms with Gasteiger partial charge in [-0.3, -0.25) is 0 Å². The first kappa shape index (κ1) is 14.2. The molecule has 0 unspecified atom stereocenters. The summed E-state index contributed by atoms with van der Waals surface area (Å²) in [4.78, 5) is 5.64. The first-order valence-corrected chi connectivity index (χ1v) is 6.38. The number of nitrogens with zero attached hydrogens (tertiary/aromatic N) is 1. The van der Waals surface area contributed by atoms with Crippen LogP contribution in [0.2, 0.25) is 0 Å². The van der Waals surface area contributed by atoms with E-state index in [1.54, 1.807) is 11.3 Å². The third kappa shape index (κ3) is 3.06. The van der Waals surface area contributed by atoms with Crippen molar-refractivity contribution in [2.24, 2.45) is 5.73 Å². The van der Waals surface area contributed by atoms with Crippen molar-refractivity contribution in [3.8, 4) is 10.4 Å². The maximum Gasteiger partial charge on any atom is 0.0801 e. The molecule has 0 radical (unpaired) electrons. The normalized spacial score (nSPS) is 11.9. The van der Waals surface area contributed by atoms with Gasteiger partial charge in [0.25, 0.3) is 0 Å². The minimum Gasteiger partial charge on any atom is -0.324 e. The van der Waals surface area contributed by atoms with Crippen LogP contribution < -0.4 is 5.73 Å². The molecule has 2 aromatic rings. The second-order valence-corrected chi connectivity index (χ2v) is 4.75. The Labute approximate surface area is 112 Å². The van der Waals surface area contributed by atoms with E-state index in [9.17, 15) is 0 Å². The highest BCUT2D eigenvalue weighted by Gasteiger charge is 2.07. The number of halogens is 1. The summed E-state index contributed by atoms with van der Waals surface area (Å²) in [6.45, 7) is 4.13. The third-order valence-corrected chi connectivity index (χ3v) is 3.59. The van der Waals surface area contributed by atoms with E-state index in [0.29, 0.717) is 0 Å². The summed E-state index contributed by atoms with van der Waals surface area (Å²) < 4.78 is 0. The molecular weight excluding hydrogens is 252 g/mol. The molecule has 2 N–H and O–H groups in total. The predicted molar refractivity (Wildman–Crippen MR) is 76.8 cm³/mol. The molecule has 1 heterocycles. The number of aromatic nitrogens is 1. The zero-order chi connectivity index (χ0) is 11.5. The molecule has 0 amide bonds.